The molecular formula is C19H38O10. The zero-order valence-electron chi connectivity index (χ0n) is 17.6. The van der Waals surface area contributed by atoms with Crippen molar-refractivity contribution in [3.63, 3.8) is 0 Å². The van der Waals surface area contributed by atoms with E-state index in [0.717, 1.165) is 0 Å². The van der Waals surface area contributed by atoms with Gasteiger partial charge in [0.25, 0.3) is 0 Å². The van der Waals surface area contributed by atoms with Crippen LogP contribution < -0.4 is 0 Å². The highest BCUT2D eigenvalue weighted by Gasteiger charge is 2.00. The zero-order chi connectivity index (χ0) is 21.3. The molecule has 174 valence electrons. The molecule has 0 radical (unpaired) electrons. The molecule has 0 atom stereocenters. The molecule has 0 unspecified atom stereocenters. The van der Waals surface area contributed by atoms with E-state index in [1.54, 1.807) is 6.92 Å². The van der Waals surface area contributed by atoms with Crippen molar-refractivity contribution in [2.24, 2.45) is 0 Å². The minimum absolute atomic E-state index is 0.0261. The van der Waals surface area contributed by atoms with Gasteiger partial charge in [0.15, 0.2) is 0 Å². The molecule has 0 saturated carbocycles. The van der Waals surface area contributed by atoms with E-state index in [2.05, 4.69) is 0 Å². The molecule has 0 aromatic heterocycles. The minimum Gasteiger partial charge on any atom is -0.466 e. The lowest BCUT2D eigenvalue weighted by Crippen LogP contribution is -2.15. The van der Waals surface area contributed by atoms with E-state index < -0.39 is 0 Å². The van der Waals surface area contributed by atoms with Crippen LogP contribution in [0.1, 0.15) is 13.3 Å². The molecule has 0 fully saturated rings. The monoisotopic (exact) mass is 426 g/mol. The lowest BCUT2D eigenvalue weighted by molar-refractivity contribution is -0.144. The third-order valence-electron chi connectivity index (χ3n) is 3.22. The predicted molar refractivity (Wildman–Crippen MR) is 104 cm³/mol. The second-order valence-electron chi connectivity index (χ2n) is 5.57. The summed E-state index contributed by atoms with van der Waals surface area (Å²) in [6.07, 6.45) is 0.261. The van der Waals surface area contributed by atoms with Gasteiger partial charge in [-0.1, -0.05) is 0 Å². The number of aliphatic hydroxyl groups excluding tert-OH is 1. The van der Waals surface area contributed by atoms with Crippen LogP contribution in [0.15, 0.2) is 0 Å². The maximum absolute atomic E-state index is 11.1. The van der Waals surface area contributed by atoms with Crippen LogP contribution in [0.3, 0.4) is 0 Å². The van der Waals surface area contributed by atoms with Crippen LogP contribution in [0.2, 0.25) is 0 Å². The lowest BCUT2D eigenvalue weighted by atomic mass is 10.5. The summed E-state index contributed by atoms with van der Waals surface area (Å²) < 4.78 is 41.9. The Hall–Kier alpha value is -0.850. The lowest BCUT2D eigenvalue weighted by Gasteiger charge is -2.08. The number of esters is 1. The molecule has 0 spiro atoms. The summed E-state index contributed by atoms with van der Waals surface area (Å²) in [5.41, 5.74) is 0. The summed E-state index contributed by atoms with van der Waals surface area (Å²) in [6, 6.07) is 0. The van der Waals surface area contributed by atoms with Gasteiger partial charge in [-0.2, -0.15) is 0 Å². The number of ether oxygens (including phenoxy) is 8. The average Bonchev–Trinajstić information content (AvgIpc) is 2.72. The Labute approximate surface area is 173 Å². The molecule has 10 nitrogen and oxygen atoms in total. The Morgan fingerprint density at radius 2 is 0.862 bits per heavy atom. The van der Waals surface area contributed by atoms with E-state index in [4.69, 9.17) is 43.0 Å². The van der Waals surface area contributed by atoms with Crippen molar-refractivity contribution in [3.8, 4) is 0 Å². The van der Waals surface area contributed by atoms with Crippen molar-refractivity contribution in [1.29, 1.82) is 0 Å². The van der Waals surface area contributed by atoms with Crippen LogP contribution in [0.25, 0.3) is 0 Å². The standard InChI is InChI=1S/C19H38O10/c1-2-29-19(21)3-5-22-7-9-24-11-13-26-15-17-28-18-16-27-14-12-25-10-8-23-6-4-20/h20H,2-18H2,1H3. The molecule has 0 heterocycles. The number of carbonyl (C=O) groups excluding carboxylic acids is 1. The highest BCUT2D eigenvalue weighted by molar-refractivity contribution is 5.69. The van der Waals surface area contributed by atoms with Gasteiger partial charge in [0.1, 0.15) is 0 Å². The number of hydrogen-bond donors (Lipinski definition) is 1. The zero-order valence-corrected chi connectivity index (χ0v) is 17.6. The SMILES string of the molecule is CCOC(=O)CCOCCOCCOCCOCCOCCOCCOCCO. The third-order valence-corrected chi connectivity index (χ3v) is 3.22. The van der Waals surface area contributed by atoms with Gasteiger partial charge in [-0.25, -0.2) is 0 Å². The van der Waals surface area contributed by atoms with E-state index >= 15 is 0 Å². The molecule has 1 N–H and O–H groups in total. The summed E-state index contributed by atoms with van der Waals surface area (Å²) >= 11 is 0. The fourth-order valence-electron chi connectivity index (χ4n) is 1.87. The summed E-state index contributed by atoms with van der Waals surface area (Å²) in [5.74, 6) is -0.249. The topological polar surface area (TPSA) is 111 Å². The molecule has 29 heavy (non-hydrogen) atoms. The fraction of sp³-hybridized carbons (Fsp3) is 0.947. The van der Waals surface area contributed by atoms with E-state index in [9.17, 15) is 4.79 Å². The van der Waals surface area contributed by atoms with Crippen LogP contribution in [0.4, 0.5) is 0 Å². The highest BCUT2D eigenvalue weighted by atomic mass is 16.6. The van der Waals surface area contributed by atoms with Crippen molar-refractivity contribution in [2.75, 3.05) is 106 Å². The normalized spacial score (nSPS) is 11.1. The van der Waals surface area contributed by atoms with Crippen molar-refractivity contribution in [1.82, 2.24) is 0 Å². The highest BCUT2D eigenvalue weighted by Crippen LogP contribution is 1.89. The number of hydrogen-bond acceptors (Lipinski definition) is 10. The Kier molecular flexibility index (Phi) is 24.4. The van der Waals surface area contributed by atoms with Crippen molar-refractivity contribution in [3.05, 3.63) is 0 Å². The Bertz CT molecular complexity index is 330. The summed E-state index contributed by atoms with van der Waals surface area (Å²) in [6.45, 7) is 8.70. The Morgan fingerprint density at radius 3 is 1.17 bits per heavy atom. The first-order valence-corrected chi connectivity index (χ1v) is 10.1. The van der Waals surface area contributed by atoms with Gasteiger partial charge in [0, 0.05) is 0 Å². The molecule has 0 saturated heterocycles. The quantitative estimate of drug-likeness (QED) is 0.168. The van der Waals surface area contributed by atoms with Crippen LogP contribution in [-0.4, -0.2) is 117 Å². The minimum atomic E-state index is -0.249. The fourth-order valence-corrected chi connectivity index (χ4v) is 1.87. The number of carbonyl (C=O) groups is 1. The maximum atomic E-state index is 11.1. The van der Waals surface area contributed by atoms with Gasteiger partial charge in [0.05, 0.1) is 112 Å². The average molecular weight is 427 g/mol. The Morgan fingerprint density at radius 1 is 0.552 bits per heavy atom. The molecule has 0 bridgehead atoms. The molecule has 0 aromatic rings. The first-order chi connectivity index (χ1) is 14.3. The second kappa shape index (κ2) is 25.2. The summed E-state index contributed by atoms with van der Waals surface area (Å²) in [5, 5.41) is 8.52. The molecule has 0 aliphatic heterocycles. The van der Waals surface area contributed by atoms with Gasteiger partial charge in [0.2, 0.25) is 0 Å². The number of aliphatic hydroxyl groups is 1. The molecule has 0 amide bonds. The maximum Gasteiger partial charge on any atom is 0.308 e. The summed E-state index contributed by atoms with van der Waals surface area (Å²) in [4.78, 5) is 11.1. The number of rotatable bonds is 24. The van der Waals surface area contributed by atoms with Crippen LogP contribution in [0, 0.1) is 0 Å². The van der Waals surface area contributed by atoms with Gasteiger partial charge in [-0.15, -0.1) is 0 Å². The van der Waals surface area contributed by atoms with Gasteiger partial charge < -0.3 is 43.0 Å². The van der Waals surface area contributed by atoms with Crippen molar-refractivity contribution < 1.29 is 47.8 Å². The summed E-state index contributed by atoms with van der Waals surface area (Å²) in [7, 11) is 0. The first kappa shape index (κ1) is 28.1. The van der Waals surface area contributed by atoms with Crippen molar-refractivity contribution >= 4 is 5.97 Å². The predicted octanol–water partition coefficient (Wildman–Crippen LogP) is 0.0481. The van der Waals surface area contributed by atoms with E-state index in [0.29, 0.717) is 99.1 Å². The third kappa shape index (κ3) is 25.1. The molecule has 0 rings (SSSR count). The molecule has 0 aromatic carbocycles. The van der Waals surface area contributed by atoms with Gasteiger partial charge in [-0.05, 0) is 6.92 Å². The first-order valence-electron chi connectivity index (χ1n) is 10.1. The van der Waals surface area contributed by atoms with E-state index in [1.165, 1.54) is 0 Å². The molecule has 10 heteroatoms. The Balaban J connectivity index is 3.02. The van der Waals surface area contributed by atoms with Crippen LogP contribution in [0.5, 0.6) is 0 Å². The largest absolute Gasteiger partial charge is 0.466 e. The van der Waals surface area contributed by atoms with Gasteiger partial charge in [-0.3, -0.25) is 4.79 Å². The van der Waals surface area contributed by atoms with Crippen molar-refractivity contribution in [2.45, 2.75) is 13.3 Å². The van der Waals surface area contributed by atoms with E-state index in [-0.39, 0.29) is 19.0 Å². The molecule has 0 aliphatic carbocycles. The molecule has 0 aliphatic rings. The van der Waals surface area contributed by atoms with Crippen LogP contribution >= 0.6 is 0 Å². The smallest absolute Gasteiger partial charge is 0.308 e. The van der Waals surface area contributed by atoms with Gasteiger partial charge >= 0.3 is 5.97 Å². The van der Waals surface area contributed by atoms with E-state index in [1.807, 2.05) is 0 Å². The van der Waals surface area contributed by atoms with Crippen LogP contribution in [-0.2, 0) is 42.7 Å². The molecular weight excluding hydrogens is 388 g/mol. The second-order valence-corrected chi connectivity index (χ2v) is 5.57.